The number of hydrogen-bond acceptors (Lipinski definition) is 3. The molecule has 1 N–H and O–H groups in total. The predicted molar refractivity (Wildman–Crippen MR) is 57.1 cm³/mol. The summed E-state index contributed by atoms with van der Waals surface area (Å²) in [5.74, 6) is 0. The fraction of sp³-hybridized carbons (Fsp3) is 0.636. The lowest BCUT2D eigenvalue weighted by Gasteiger charge is -2.33. The maximum atomic E-state index is 10.4. The van der Waals surface area contributed by atoms with E-state index in [1.807, 2.05) is 6.08 Å². The summed E-state index contributed by atoms with van der Waals surface area (Å²) in [6.45, 7) is 4.33. The summed E-state index contributed by atoms with van der Waals surface area (Å²) in [5.41, 5.74) is -0.116. The van der Waals surface area contributed by atoms with Gasteiger partial charge in [0.05, 0.1) is 6.20 Å². The zero-order valence-corrected chi connectivity index (χ0v) is 9.44. The molecule has 0 aliphatic heterocycles. The first kappa shape index (κ1) is 10.4. The third kappa shape index (κ3) is 1.95. The number of hydrogen-bond donors (Lipinski definition) is 1. The number of aliphatic hydroxyl groups is 1. The molecular formula is C11H17N3O. The molecule has 4 heteroatoms. The lowest BCUT2D eigenvalue weighted by Crippen LogP contribution is -2.30. The van der Waals surface area contributed by atoms with Gasteiger partial charge in [0.1, 0.15) is 11.3 Å². The molecule has 2 rings (SSSR count). The van der Waals surface area contributed by atoms with Gasteiger partial charge in [0.25, 0.3) is 0 Å². The quantitative estimate of drug-likeness (QED) is 0.708. The standard InChI is InChI=1S/C11H17N3O/c1-10(2)4-6-11(15,7-5-10)9-8-14(3)13-12-9/h4,6,8,15H,5,7H2,1-3H3. The summed E-state index contributed by atoms with van der Waals surface area (Å²) in [7, 11) is 1.80. The summed E-state index contributed by atoms with van der Waals surface area (Å²) in [5, 5.41) is 18.2. The van der Waals surface area contributed by atoms with Crippen LogP contribution < -0.4 is 0 Å². The molecule has 0 saturated heterocycles. The Morgan fingerprint density at radius 2 is 2.07 bits per heavy atom. The molecule has 0 saturated carbocycles. The molecule has 1 heterocycles. The third-order valence-electron chi connectivity index (χ3n) is 3.01. The van der Waals surface area contributed by atoms with E-state index in [1.165, 1.54) is 0 Å². The lowest BCUT2D eigenvalue weighted by atomic mass is 9.76. The van der Waals surface area contributed by atoms with Crippen molar-refractivity contribution in [2.24, 2.45) is 12.5 Å². The Labute approximate surface area is 89.6 Å². The van der Waals surface area contributed by atoms with Gasteiger partial charge < -0.3 is 5.11 Å². The van der Waals surface area contributed by atoms with Gasteiger partial charge in [-0.2, -0.15) is 0 Å². The molecule has 0 aromatic carbocycles. The van der Waals surface area contributed by atoms with Crippen LogP contribution in [0.15, 0.2) is 18.3 Å². The first-order valence-corrected chi connectivity index (χ1v) is 5.21. The molecule has 1 aliphatic rings. The Morgan fingerprint density at radius 3 is 2.53 bits per heavy atom. The molecule has 0 fully saturated rings. The first-order valence-electron chi connectivity index (χ1n) is 5.21. The molecular weight excluding hydrogens is 190 g/mol. The van der Waals surface area contributed by atoms with E-state index in [0.29, 0.717) is 12.1 Å². The van der Waals surface area contributed by atoms with E-state index in [4.69, 9.17) is 0 Å². The summed E-state index contributed by atoms with van der Waals surface area (Å²) < 4.78 is 1.61. The van der Waals surface area contributed by atoms with Gasteiger partial charge >= 0.3 is 0 Å². The first-order chi connectivity index (χ1) is 6.91. The van der Waals surface area contributed by atoms with E-state index >= 15 is 0 Å². The Balaban J connectivity index is 2.30. The van der Waals surface area contributed by atoms with Crippen molar-refractivity contribution in [3.8, 4) is 0 Å². The van der Waals surface area contributed by atoms with Crippen LogP contribution >= 0.6 is 0 Å². The molecule has 1 unspecified atom stereocenters. The van der Waals surface area contributed by atoms with Crippen molar-refractivity contribution in [2.75, 3.05) is 0 Å². The Hall–Kier alpha value is -1.16. The van der Waals surface area contributed by atoms with Crippen LogP contribution in [0.1, 0.15) is 32.4 Å². The van der Waals surface area contributed by atoms with Crippen molar-refractivity contribution in [3.05, 3.63) is 24.0 Å². The van der Waals surface area contributed by atoms with Gasteiger partial charge in [-0.05, 0) is 18.3 Å². The van der Waals surface area contributed by atoms with Gasteiger partial charge in [-0.15, -0.1) is 5.10 Å². The van der Waals surface area contributed by atoms with Crippen LogP contribution in [0.25, 0.3) is 0 Å². The number of aromatic nitrogens is 3. The normalized spacial score (nSPS) is 29.3. The van der Waals surface area contributed by atoms with E-state index in [9.17, 15) is 5.11 Å². The van der Waals surface area contributed by atoms with Gasteiger partial charge in [0, 0.05) is 7.05 Å². The lowest BCUT2D eigenvalue weighted by molar-refractivity contribution is 0.0538. The molecule has 0 radical (unpaired) electrons. The van der Waals surface area contributed by atoms with Crippen molar-refractivity contribution in [3.63, 3.8) is 0 Å². The molecule has 0 amide bonds. The molecule has 1 aromatic heterocycles. The van der Waals surface area contributed by atoms with Crippen molar-refractivity contribution in [2.45, 2.75) is 32.3 Å². The summed E-state index contributed by atoms with van der Waals surface area (Å²) in [4.78, 5) is 0. The fourth-order valence-electron chi connectivity index (χ4n) is 1.80. The molecule has 0 spiro atoms. The minimum absolute atomic E-state index is 0.175. The highest BCUT2D eigenvalue weighted by molar-refractivity contribution is 5.21. The van der Waals surface area contributed by atoms with Crippen LogP contribution in [-0.4, -0.2) is 20.1 Å². The molecule has 1 aliphatic carbocycles. The molecule has 1 aromatic rings. The molecule has 15 heavy (non-hydrogen) atoms. The third-order valence-corrected chi connectivity index (χ3v) is 3.01. The zero-order chi connectivity index (χ0) is 11.1. The molecule has 4 nitrogen and oxygen atoms in total. The predicted octanol–water partition coefficient (Wildman–Crippen LogP) is 1.38. The van der Waals surface area contributed by atoms with Crippen LogP contribution in [0.4, 0.5) is 0 Å². The summed E-state index contributed by atoms with van der Waals surface area (Å²) >= 11 is 0. The van der Waals surface area contributed by atoms with E-state index in [2.05, 4.69) is 30.2 Å². The number of rotatable bonds is 1. The van der Waals surface area contributed by atoms with E-state index in [0.717, 1.165) is 6.42 Å². The highest BCUT2D eigenvalue weighted by Crippen LogP contribution is 2.38. The van der Waals surface area contributed by atoms with Gasteiger partial charge in [-0.25, -0.2) is 0 Å². The highest BCUT2D eigenvalue weighted by Gasteiger charge is 2.35. The molecule has 0 bridgehead atoms. The maximum absolute atomic E-state index is 10.4. The van der Waals surface area contributed by atoms with Gasteiger partial charge in [-0.3, -0.25) is 4.68 Å². The average Bonchev–Trinajstić information content (AvgIpc) is 2.59. The van der Waals surface area contributed by atoms with Crippen LogP contribution in [0.5, 0.6) is 0 Å². The minimum Gasteiger partial charge on any atom is -0.379 e. The van der Waals surface area contributed by atoms with Crippen molar-refractivity contribution < 1.29 is 5.11 Å². The van der Waals surface area contributed by atoms with E-state index < -0.39 is 5.60 Å². The SMILES string of the molecule is Cn1cc(C2(O)C=CC(C)(C)CC2)nn1. The smallest absolute Gasteiger partial charge is 0.128 e. The maximum Gasteiger partial charge on any atom is 0.128 e. The largest absolute Gasteiger partial charge is 0.379 e. The van der Waals surface area contributed by atoms with Crippen molar-refractivity contribution >= 4 is 0 Å². The Kier molecular flexibility index (Phi) is 2.19. The van der Waals surface area contributed by atoms with Crippen LogP contribution in [-0.2, 0) is 12.6 Å². The average molecular weight is 207 g/mol. The zero-order valence-electron chi connectivity index (χ0n) is 9.44. The second-order valence-corrected chi connectivity index (χ2v) is 5.02. The van der Waals surface area contributed by atoms with Crippen LogP contribution in [0, 0.1) is 5.41 Å². The number of allylic oxidation sites excluding steroid dienone is 1. The molecule has 82 valence electrons. The van der Waals surface area contributed by atoms with E-state index in [-0.39, 0.29) is 5.41 Å². The highest BCUT2D eigenvalue weighted by atomic mass is 16.3. The summed E-state index contributed by atoms with van der Waals surface area (Å²) in [6, 6.07) is 0. The Bertz CT molecular complexity index is 394. The van der Waals surface area contributed by atoms with Gasteiger partial charge in [0.2, 0.25) is 0 Å². The van der Waals surface area contributed by atoms with Gasteiger partial charge in [-0.1, -0.05) is 31.2 Å². The molecule has 1 atom stereocenters. The monoisotopic (exact) mass is 207 g/mol. The second kappa shape index (κ2) is 3.17. The minimum atomic E-state index is -0.927. The fourth-order valence-corrected chi connectivity index (χ4v) is 1.80. The van der Waals surface area contributed by atoms with Crippen LogP contribution in [0.3, 0.4) is 0 Å². The van der Waals surface area contributed by atoms with Crippen LogP contribution in [0.2, 0.25) is 0 Å². The van der Waals surface area contributed by atoms with Crippen molar-refractivity contribution in [1.82, 2.24) is 15.0 Å². The topological polar surface area (TPSA) is 50.9 Å². The van der Waals surface area contributed by atoms with Gasteiger partial charge in [0.15, 0.2) is 0 Å². The number of nitrogens with zero attached hydrogens (tertiary/aromatic N) is 3. The summed E-state index contributed by atoms with van der Waals surface area (Å²) in [6.07, 6.45) is 7.33. The number of aryl methyl sites for hydroxylation is 1. The van der Waals surface area contributed by atoms with Crippen molar-refractivity contribution in [1.29, 1.82) is 0 Å². The van der Waals surface area contributed by atoms with E-state index in [1.54, 1.807) is 17.9 Å². The second-order valence-electron chi connectivity index (χ2n) is 5.02. The Morgan fingerprint density at radius 1 is 1.33 bits per heavy atom.